The number of nitro benzene ring substituents is 2. The number of nitrogens with zero attached hydrogens (tertiary/aromatic N) is 3. The first-order valence-electron chi connectivity index (χ1n) is 7.45. The van der Waals surface area contributed by atoms with Crippen LogP contribution in [0.2, 0.25) is 0 Å². The van der Waals surface area contributed by atoms with Crippen LogP contribution in [0.3, 0.4) is 0 Å². The summed E-state index contributed by atoms with van der Waals surface area (Å²) in [6.07, 6.45) is -1.98. The van der Waals surface area contributed by atoms with Crippen molar-refractivity contribution >= 4 is 22.8 Å². The fourth-order valence-electron chi connectivity index (χ4n) is 2.52. The highest BCUT2D eigenvalue weighted by Gasteiger charge is 2.37. The van der Waals surface area contributed by atoms with Crippen molar-refractivity contribution in [3.63, 3.8) is 0 Å². The molecule has 1 aliphatic rings. The third-order valence-electron chi connectivity index (χ3n) is 3.99. The van der Waals surface area contributed by atoms with E-state index in [1.165, 1.54) is 0 Å². The molecule has 11 heteroatoms. The minimum Gasteiger partial charge on any atom is -0.266 e. The Morgan fingerprint density at radius 1 is 1.12 bits per heavy atom. The molecule has 0 radical (unpaired) electrons. The van der Waals surface area contributed by atoms with E-state index >= 15 is 0 Å². The first kappa shape index (κ1) is 18.6. The van der Waals surface area contributed by atoms with E-state index in [9.17, 15) is 33.4 Å². The molecule has 1 aromatic rings. The number of alkyl halides is 3. The summed E-state index contributed by atoms with van der Waals surface area (Å²) in [6, 6.07) is 0.525. The summed E-state index contributed by atoms with van der Waals surface area (Å²) in [5.74, 6) is 0.508. The first-order chi connectivity index (χ1) is 11.6. The Balaban J connectivity index is 2.46. The second kappa shape index (κ2) is 7.03. The van der Waals surface area contributed by atoms with Gasteiger partial charge in [-0.25, -0.2) is 0 Å². The second-order valence-electron chi connectivity index (χ2n) is 5.87. The number of anilines is 1. The van der Waals surface area contributed by atoms with Gasteiger partial charge in [0.25, 0.3) is 0 Å². The predicted molar refractivity (Wildman–Crippen MR) is 83.4 cm³/mol. The number of rotatable bonds is 4. The van der Waals surface area contributed by atoms with Crippen molar-refractivity contribution in [1.82, 2.24) is 0 Å². The maximum Gasteiger partial charge on any atom is 0.416 e. The second-order valence-corrected chi connectivity index (χ2v) is 5.87. The van der Waals surface area contributed by atoms with Crippen LogP contribution in [0.5, 0.6) is 0 Å². The molecule has 25 heavy (non-hydrogen) atoms. The Kier molecular flexibility index (Phi) is 5.24. The van der Waals surface area contributed by atoms with E-state index in [-0.39, 0.29) is 12.1 Å². The molecule has 2 rings (SSSR count). The third-order valence-corrected chi connectivity index (χ3v) is 3.99. The zero-order valence-electron chi connectivity index (χ0n) is 13.2. The highest BCUT2D eigenvalue weighted by molar-refractivity contribution is 5.86. The molecule has 0 amide bonds. The lowest BCUT2D eigenvalue weighted by Crippen LogP contribution is -2.14. The summed E-state index contributed by atoms with van der Waals surface area (Å²) in [5.41, 5.74) is -1.30. The highest BCUT2D eigenvalue weighted by atomic mass is 19.4. The Bertz CT molecular complexity index is 688. The first-order valence-corrected chi connectivity index (χ1v) is 7.45. The lowest BCUT2D eigenvalue weighted by atomic mass is 9.90. The molecule has 1 aliphatic carbocycles. The van der Waals surface area contributed by atoms with Gasteiger partial charge in [-0.05, 0) is 31.6 Å². The van der Waals surface area contributed by atoms with Gasteiger partial charge in [0.15, 0.2) is 0 Å². The van der Waals surface area contributed by atoms with Crippen LogP contribution in [0.15, 0.2) is 17.2 Å². The fraction of sp³-hybridized carbons (Fsp3) is 0.500. The lowest BCUT2D eigenvalue weighted by molar-refractivity contribution is -0.392. The van der Waals surface area contributed by atoms with Crippen LogP contribution in [-0.2, 0) is 6.18 Å². The number of hydrazone groups is 1. The lowest BCUT2D eigenvalue weighted by Gasteiger charge is -2.19. The van der Waals surface area contributed by atoms with Gasteiger partial charge in [-0.3, -0.25) is 25.7 Å². The van der Waals surface area contributed by atoms with E-state index in [1.54, 1.807) is 0 Å². The molecule has 0 heterocycles. The molecule has 0 bridgehead atoms. The smallest absolute Gasteiger partial charge is 0.266 e. The van der Waals surface area contributed by atoms with Crippen LogP contribution in [0.1, 0.15) is 38.2 Å². The van der Waals surface area contributed by atoms with Crippen LogP contribution in [0.25, 0.3) is 0 Å². The van der Waals surface area contributed by atoms with Gasteiger partial charge in [-0.15, -0.1) is 0 Å². The van der Waals surface area contributed by atoms with Crippen molar-refractivity contribution in [2.75, 3.05) is 5.43 Å². The van der Waals surface area contributed by atoms with E-state index in [0.29, 0.717) is 24.5 Å². The quantitative estimate of drug-likeness (QED) is 0.628. The zero-order chi connectivity index (χ0) is 18.8. The maximum atomic E-state index is 12.8. The van der Waals surface area contributed by atoms with Crippen LogP contribution >= 0.6 is 0 Å². The molecule has 0 atom stereocenters. The van der Waals surface area contributed by atoms with E-state index in [2.05, 4.69) is 17.5 Å². The average molecular weight is 360 g/mol. The largest absolute Gasteiger partial charge is 0.416 e. The molecule has 8 nitrogen and oxygen atoms in total. The number of nitro groups is 2. The summed E-state index contributed by atoms with van der Waals surface area (Å²) < 4.78 is 38.5. The van der Waals surface area contributed by atoms with Crippen molar-refractivity contribution in [2.24, 2.45) is 11.0 Å². The van der Waals surface area contributed by atoms with Crippen molar-refractivity contribution in [3.05, 3.63) is 37.9 Å². The Labute approximate surface area is 140 Å². The van der Waals surface area contributed by atoms with Gasteiger partial charge in [-0.1, -0.05) is 6.92 Å². The number of hydrogen-bond donors (Lipinski definition) is 1. The van der Waals surface area contributed by atoms with Gasteiger partial charge in [-0.2, -0.15) is 18.3 Å². The zero-order valence-corrected chi connectivity index (χ0v) is 13.2. The Morgan fingerprint density at radius 2 is 1.60 bits per heavy atom. The molecule has 0 aliphatic heterocycles. The number of benzene rings is 1. The summed E-state index contributed by atoms with van der Waals surface area (Å²) in [5, 5.41) is 26.1. The molecule has 1 N–H and O–H groups in total. The topological polar surface area (TPSA) is 111 Å². The SMILES string of the molecule is CC1CCC(=NNc2c([N+](=O)[O-])cc(C(F)(F)F)cc2[N+](=O)[O-])CC1. The van der Waals surface area contributed by atoms with Crippen LogP contribution in [0, 0.1) is 26.1 Å². The van der Waals surface area contributed by atoms with Gasteiger partial charge in [0, 0.05) is 17.8 Å². The van der Waals surface area contributed by atoms with Gasteiger partial charge in [0.05, 0.1) is 15.4 Å². The summed E-state index contributed by atoms with van der Waals surface area (Å²) in [4.78, 5) is 20.0. The number of hydrogen-bond acceptors (Lipinski definition) is 6. The minimum atomic E-state index is -4.94. The van der Waals surface area contributed by atoms with Crippen LogP contribution in [0.4, 0.5) is 30.2 Å². The van der Waals surface area contributed by atoms with Crippen molar-refractivity contribution < 1.29 is 23.0 Å². The maximum absolute atomic E-state index is 12.8. The van der Waals surface area contributed by atoms with E-state index in [0.717, 1.165) is 12.8 Å². The van der Waals surface area contributed by atoms with Crippen LogP contribution < -0.4 is 5.43 Å². The minimum absolute atomic E-state index is 0.262. The molecular weight excluding hydrogens is 345 g/mol. The molecule has 0 aromatic heterocycles. The Morgan fingerprint density at radius 3 is 2.00 bits per heavy atom. The van der Waals surface area contributed by atoms with Crippen molar-refractivity contribution in [2.45, 2.75) is 38.8 Å². The molecule has 0 spiro atoms. The molecule has 0 unspecified atom stereocenters. The summed E-state index contributed by atoms with van der Waals surface area (Å²) in [7, 11) is 0. The standard InChI is InChI=1S/C14H15F3N4O4/c1-8-2-4-10(5-3-8)18-19-13-11(20(22)23)6-9(14(15,16)17)7-12(13)21(24)25/h6-8,19H,2-5H2,1H3. The van der Waals surface area contributed by atoms with Crippen LogP contribution in [-0.4, -0.2) is 15.6 Å². The van der Waals surface area contributed by atoms with Gasteiger partial charge < -0.3 is 0 Å². The monoisotopic (exact) mass is 360 g/mol. The summed E-state index contributed by atoms with van der Waals surface area (Å²) in [6.45, 7) is 2.07. The number of nitrogens with one attached hydrogen (secondary N) is 1. The normalized spacial score (nSPS) is 17.9. The third kappa shape index (κ3) is 4.43. The predicted octanol–water partition coefficient (Wildman–Crippen LogP) is 4.50. The molecule has 1 fully saturated rings. The molecule has 1 saturated carbocycles. The number of halogens is 3. The average Bonchev–Trinajstić information content (AvgIpc) is 2.52. The van der Waals surface area contributed by atoms with E-state index in [4.69, 9.17) is 0 Å². The van der Waals surface area contributed by atoms with E-state index in [1.807, 2.05) is 0 Å². The van der Waals surface area contributed by atoms with E-state index < -0.39 is 38.6 Å². The van der Waals surface area contributed by atoms with Crippen molar-refractivity contribution in [3.8, 4) is 0 Å². The molecule has 1 aromatic carbocycles. The molecule has 136 valence electrons. The summed E-state index contributed by atoms with van der Waals surface area (Å²) >= 11 is 0. The fourth-order valence-corrected chi connectivity index (χ4v) is 2.52. The van der Waals surface area contributed by atoms with Gasteiger partial charge in [0.2, 0.25) is 5.69 Å². The molecular formula is C14H15F3N4O4. The van der Waals surface area contributed by atoms with Crippen molar-refractivity contribution in [1.29, 1.82) is 0 Å². The van der Waals surface area contributed by atoms with Gasteiger partial charge in [0.1, 0.15) is 0 Å². The highest BCUT2D eigenvalue weighted by Crippen LogP contribution is 2.41. The van der Waals surface area contributed by atoms with Gasteiger partial charge >= 0.3 is 17.6 Å². The Hall–Kier alpha value is -2.72. The molecule has 0 saturated heterocycles.